The molecule has 2 aromatic rings. The second-order valence-electron chi connectivity index (χ2n) is 5.53. The number of nitrogens with zero attached hydrogens (tertiary/aromatic N) is 2. The van der Waals surface area contributed by atoms with Gasteiger partial charge in [0, 0.05) is 36.7 Å². The molecule has 0 aliphatic heterocycles. The van der Waals surface area contributed by atoms with E-state index < -0.39 is 0 Å². The Labute approximate surface area is 147 Å². The number of hydrogen-bond acceptors (Lipinski definition) is 2. The number of guanidine groups is 1. The van der Waals surface area contributed by atoms with Gasteiger partial charge < -0.3 is 20.4 Å². The number of aromatic amines is 1. The highest BCUT2D eigenvalue weighted by atomic mass is 127. The van der Waals surface area contributed by atoms with Gasteiger partial charge in [0.15, 0.2) is 5.96 Å². The van der Waals surface area contributed by atoms with Crippen LogP contribution in [0.25, 0.3) is 10.9 Å². The largest absolute Gasteiger partial charge is 0.496 e. The lowest BCUT2D eigenvalue weighted by molar-refractivity contribution is 0.419. The van der Waals surface area contributed by atoms with E-state index in [0.717, 1.165) is 23.1 Å². The fourth-order valence-corrected chi connectivity index (χ4v) is 2.64. The maximum absolute atomic E-state index is 6.01. The van der Waals surface area contributed by atoms with Crippen LogP contribution in [-0.2, 0) is 6.42 Å². The first-order valence-corrected chi connectivity index (χ1v) is 7.36. The molecule has 1 aromatic heterocycles. The molecular weight excluding hydrogens is 391 g/mol. The van der Waals surface area contributed by atoms with Crippen LogP contribution in [-0.4, -0.2) is 42.6 Å². The fourth-order valence-electron chi connectivity index (χ4n) is 2.64. The molecule has 1 heterocycles. The Morgan fingerprint density at radius 2 is 2.23 bits per heavy atom. The molecule has 3 N–H and O–H groups in total. The Bertz CT molecular complexity index is 663. The van der Waals surface area contributed by atoms with Gasteiger partial charge in [-0.1, -0.05) is 6.07 Å². The molecule has 1 saturated carbocycles. The van der Waals surface area contributed by atoms with Crippen LogP contribution in [0, 0.1) is 0 Å². The third-order valence-electron chi connectivity index (χ3n) is 4.08. The van der Waals surface area contributed by atoms with Crippen molar-refractivity contribution in [3.05, 3.63) is 30.0 Å². The summed E-state index contributed by atoms with van der Waals surface area (Å²) in [5.41, 5.74) is 8.32. The van der Waals surface area contributed by atoms with Gasteiger partial charge in [0.05, 0.1) is 7.11 Å². The molecule has 22 heavy (non-hydrogen) atoms. The number of nitrogens with one attached hydrogen (secondary N) is 1. The van der Waals surface area contributed by atoms with E-state index in [1.165, 1.54) is 18.4 Å². The number of H-pyrrole nitrogens is 1. The van der Waals surface area contributed by atoms with Gasteiger partial charge in [0.1, 0.15) is 5.75 Å². The number of aliphatic imine (C=N–C) groups is 1. The van der Waals surface area contributed by atoms with Gasteiger partial charge in [-0.3, -0.25) is 4.99 Å². The lowest BCUT2D eigenvalue weighted by Crippen LogP contribution is -2.35. The van der Waals surface area contributed by atoms with Crippen LogP contribution in [0.15, 0.2) is 29.4 Å². The molecule has 0 spiro atoms. The highest BCUT2D eigenvalue weighted by Gasteiger charge is 2.27. The summed E-state index contributed by atoms with van der Waals surface area (Å²) in [7, 11) is 3.72. The van der Waals surface area contributed by atoms with E-state index in [1.54, 1.807) is 7.11 Å². The molecule has 0 radical (unpaired) electrons. The van der Waals surface area contributed by atoms with E-state index in [4.69, 9.17) is 10.5 Å². The summed E-state index contributed by atoms with van der Waals surface area (Å²) in [6.45, 7) is 0.688. The number of aromatic nitrogens is 1. The molecule has 1 aliphatic carbocycles. The summed E-state index contributed by atoms with van der Waals surface area (Å²) in [6.07, 6.45) is 5.34. The second kappa shape index (κ2) is 7.21. The van der Waals surface area contributed by atoms with E-state index in [-0.39, 0.29) is 24.0 Å². The topological polar surface area (TPSA) is 66.6 Å². The molecule has 6 heteroatoms. The molecule has 120 valence electrons. The van der Waals surface area contributed by atoms with Gasteiger partial charge in [0.2, 0.25) is 0 Å². The maximum Gasteiger partial charge on any atom is 0.191 e. The number of rotatable bonds is 5. The first kappa shape index (κ1) is 16.9. The Kier molecular flexibility index (Phi) is 5.55. The van der Waals surface area contributed by atoms with Gasteiger partial charge in [-0.25, -0.2) is 0 Å². The van der Waals surface area contributed by atoms with Gasteiger partial charge >= 0.3 is 0 Å². The van der Waals surface area contributed by atoms with Crippen LogP contribution < -0.4 is 10.5 Å². The molecule has 0 atom stereocenters. The first-order valence-electron chi connectivity index (χ1n) is 7.36. The molecule has 0 saturated heterocycles. The van der Waals surface area contributed by atoms with Gasteiger partial charge in [-0.05, 0) is 37.0 Å². The predicted octanol–water partition coefficient (Wildman–Crippen LogP) is 2.75. The monoisotopic (exact) mass is 414 g/mol. The Morgan fingerprint density at radius 1 is 1.45 bits per heavy atom. The average Bonchev–Trinajstić information content (AvgIpc) is 3.27. The zero-order valence-electron chi connectivity index (χ0n) is 13.0. The molecule has 0 amide bonds. The summed E-state index contributed by atoms with van der Waals surface area (Å²) in [5.74, 6) is 1.54. The van der Waals surface area contributed by atoms with Crippen LogP contribution in [0.1, 0.15) is 18.4 Å². The Balaban J connectivity index is 0.00000176. The molecule has 3 rings (SSSR count). The van der Waals surface area contributed by atoms with E-state index in [0.29, 0.717) is 18.5 Å². The Hall–Kier alpha value is -1.44. The molecule has 1 aromatic carbocycles. The minimum atomic E-state index is 0. The summed E-state index contributed by atoms with van der Waals surface area (Å²) in [6, 6.07) is 6.63. The summed E-state index contributed by atoms with van der Waals surface area (Å²) >= 11 is 0. The normalized spacial score (nSPS) is 14.7. The lowest BCUT2D eigenvalue weighted by Gasteiger charge is -2.16. The number of methoxy groups -OCH3 is 1. The van der Waals surface area contributed by atoms with Crippen molar-refractivity contribution >= 4 is 40.8 Å². The summed E-state index contributed by atoms with van der Waals surface area (Å²) in [4.78, 5) is 9.85. The minimum absolute atomic E-state index is 0. The van der Waals surface area contributed by atoms with Crippen molar-refractivity contribution in [2.45, 2.75) is 25.3 Å². The van der Waals surface area contributed by atoms with Crippen LogP contribution >= 0.6 is 24.0 Å². The zero-order chi connectivity index (χ0) is 14.8. The van der Waals surface area contributed by atoms with Gasteiger partial charge in [0.25, 0.3) is 0 Å². The number of fused-ring (bicyclic) bond motifs is 1. The fraction of sp³-hybridized carbons (Fsp3) is 0.438. The molecule has 0 bridgehead atoms. The summed E-state index contributed by atoms with van der Waals surface area (Å²) < 4.78 is 5.44. The van der Waals surface area contributed by atoms with Crippen LogP contribution in [0.2, 0.25) is 0 Å². The predicted molar refractivity (Wildman–Crippen MR) is 101 cm³/mol. The van der Waals surface area contributed by atoms with Crippen molar-refractivity contribution in [3.8, 4) is 5.75 Å². The quantitative estimate of drug-likeness (QED) is 0.449. The Morgan fingerprint density at radius 3 is 2.91 bits per heavy atom. The zero-order valence-corrected chi connectivity index (χ0v) is 15.3. The first-order chi connectivity index (χ1) is 10.2. The van der Waals surface area contributed by atoms with Crippen molar-refractivity contribution in [1.29, 1.82) is 0 Å². The third-order valence-corrected chi connectivity index (χ3v) is 4.08. The summed E-state index contributed by atoms with van der Waals surface area (Å²) in [5, 5.41) is 1.14. The average molecular weight is 414 g/mol. The number of halogens is 1. The van der Waals surface area contributed by atoms with E-state index >= 15 is 0 Å². The molecule has 0 unspecified atom stereocenters. The number of ether oxygens (including phenoxy) is 1. The van der Waals surface area contributed by atoms with E-state index in [2.05, 4.69) is 20.9 Å². The standard InChI is InChI=1S/C16H22N4O.HI/c1-20(12-6-7-12)16(17)18-9-8-11-10-19-13-4-3-5-14(21-2)15(11)13;/h3-5,10,12,19H,6-9H2,1-2H3,(H2,17,18);1H. The number of hydrogen-bond donors (Lipinski definition) is 2. The third kappa shape index (κ3) is 3.48. The molecule has 1 fully saturated rings. The maximum atomic E-state index is 6.01. The van der Waals surface area contributed by atoms with Gasteiger partial charge in [-0.2, -0.15) is 0 Å². The molecule has 1 aliphatic rings. The SMILES string of the molecule is COc1cccc2[nH]cc(CCN=C(N)N(C)C3CC3)c12.I. The van der Waals surface area contributed by atoms with Crippen molar-refractivity contribution in [1.82, 2.24) is 9.88 Å². The van der Waals surface area contributed by atoms with Crippen molar-refractivity contribution < 1.29 is 4.74 Å². The minimum Gasteiger partial charge on any atom is -0.496 e. The smallest absolute Gasteiger partial charge is 0.191 e. The van der Waals surface area contributed by atoms with Gasteiger partial charge in [-0.15, -0.1) is 24.0 Å². The van der Waals surface area contributed by atoms with E-state index in [1.807, 2.05) is 25.4 Å². The van der Waals surface area contributed by atoms with Crippen molar-refractivity contribution in [2.24, 2.45) is 10.7 Å². The highest BCUT2D eigenvalue weighted by Crippen LogP contribution is 2.29. The molecular formula is C16H23IN4O. The van der Waals surface area contributed by atoms with Crippen LogP contribution in [0.4, 0.5) is 0 Å². The van der Waals surface area contributed by atoms with Crippen LogP contribution in [0.5, 0.6) is 5.75 Å². The number of benzene rings is 1. The van der Waals surface area contributed by atoms with E-state index in [9.17, 15) is 0 Å². The van der Waals surface area contributed by atoms with Crippen molar-refractivity contribution in [3.63, 3.8) is 0 Å². The molecule has 5 nitrogen and oxygen atoms in total. The number of nitrogens with two attached hydrogens (primary N) is 1. The highest BCUT2D eigenvalue weighted by molar-refractivity contribution is 14.0. The van der Waals surface area contributed by atoms with Crippen LogP contribution in [0.3, 0.4) is 0 Å². The second-order valence-corrected chi connectivity index (χ2v) is 5.53. The lowest BCUT2D eigenvalue weighted by atomic mass is 10.1. The van der Waals surface area contributed by atoms with Crippen molar-refractivity contribution in [2.75, 3.05) is 20.7 Å².